The molecule has 0 amide bonds. The molecule has 0 aliphatic heterocycles. The molecule has 4 fully saturated rings. The molecule has 0 saturated heterocycles. The van der Waals surface area contributed by atoms with Crippen molar-refractivity contribution in [2.45, 2.75) is 118 Å². The number of rotatable bonds is 6. The lowest BCUT2D eigenvalue weighted by molar-refractivity contribution is -0.221. The van der Waals surface area contributed by atoms with Crippen LogP contribution in [0.3, 0.4) is 0 Å². The fourth-order valence-corrected chi connectivity index (χ4v) is 13.4. The number of halogens is 1. The minimum atomic E-state index is -0.867. The molecule has 0 radical (unpaired) electrons. The third kappa shape index (κ3) is 4.83. The van der Waals surface area contributed by atoms with Crippen molar-refractivity contribution in [3.63, 3.8) is 0 Å². The van der Waals surface area contributed by atoms with E-state index in [0.717, 1.165) is 17.9 Å². The molecule has 254 valence electrons. The van der Waals surface area contributed by atoms with Crippen molar-refractivity contribution in [1.29, 1.82) is 0 Å². The van der Waals surface area contributed by atoms with Gasteiger partial charge in [-0.15, -0.1) is 0 Å². The van der Waals surface area contributed by atoms with Crippen LogP contribution in [-0.2, 0) is 6.54 Å². The molecule has 9 atom stereocenters. The molecule has 1 aromatic carbocycles. The number of carboxylic acid groups (broad SMARTS) is 1. The van der Waals surface area contributed by atoms with E-state index in [1.165, 1.54) is 62.5 Å². The normalized spacial score (nSPS) is 40.5. The zero-order valence-corrected chi connectivity index (χ0v) is 29.8. The first-order chi connectivity index (χ1) is 22.2. The van der Waals surface area contributed by atoms with Crippen molar-refractivity contribution in [3.05, 3.63) is 71.3 Å². The number of pyridine rings is 1. The van der Waals surface area contributed by atoms with Gasteiger partial charge in [-0.05, 0) is 156 Å². The molecule has 47 heavy (non-hydrogen) atoms. The highest BCUT2D eigenvalue weighted by atomic mass is 19.1. The summed E-state index contributed by atoms with van der Waals surface area (Å²) in [5.74, 6) is 2.75. The largest absolute Gasteiger partial charge is 0.478 e. The predicted molar refractivity (Wildman–Crippen MR) is 187 cm³/mol. The lowest BCUT2D eigenvalue weighted by Crippen LogP contribution is -2.68. The van der Waals surface area contributed by atoms with Crippen molar-refractivity contribution in [3.8, 4) is 0 Å². The van der Waals surface area contributed by atoms with Crippen LogP contribution < -0.4 is 5.32 Å². The van der Waals surface area contributed by atoms with Crippen LogP contribution in [0.15, 0.2) is 48.7 Å². The summed E-state index contributed by atoms with van der Waals surface area (Å²) < 4.78 is 14.0. The maximum atomic E-state index is 14.0. The van der Waals surface area contributed by atoms with Crippen LogP contribution in [-0.4, -0.2) is 21.6 Å². The van der Waals surface area contributed by atoms with E-state index in [0.29, 0.717) is 47.1 Å². The van der Waals surface area contributed by atoms with Gasteiger partial charge in [-0.3, -0.25) is 0 Å². The maximum Gasteiger partial charge on any atom is 0.335 e. The van der Waals surface area contributed by atoms with Gasteiger partial charge in [0.1, 0.15) is 0 Å². The minimum Gasteiger partial charge on any atom is -0.478 e. The highest BCUT2D eigenvalue weighted by Gasteiger charge is 2.70. The van der Waals surface area contributed by atoms with Crippen LogP contribution in [0, 0.1) is 63.1 Å². The number of aromatic carboxylic acids is 1. The number of hydrogen-bond acceptors (Lipinski definition) is 3. The van der Waals surface area contributed by atoms with E-state index in [1.807, 2.05) is 18.2 Å². The lowest BCUT2D eigenvalue weighted by atomic mass is 9.33. The smallest absolute Gasteiger partial charge is 0.335 e. The molecule has 0 spiro atoms. The fourth-order valence-electron chi connectivity index (χ4n) is 13.4. The Morgan fingerprint density at radius 3 is 2.36 bits per heavy atom. The van der Waals surface area contributed by atoms with Gasteiger partial charge in [-0.25, -0.2) is 9.78 Å². The second-order valence-electron chi connectivity index (χ2n) is 18.1. The molecule has 2 N–H and O–H groups in total. The summed E-state index contributed by atoms with van der Waals surface area (Å²) in [4.78, 5) is 15.3. The third-order valence-electron chi connectivity index (χ3n) is 15.8. The summed E-state index contributed by atoms with van der Waals surface area (Å²) >= 11 is 0. The number of fused-ring (bicyclic) bond motifs is 7. The van der Waals surface area contributed by atoms with E-state index in [1.54, 1.807) is 24.4 Å². The first-order valence-electron chi connectivity index (χ1n) is 18.6. The first kappa shape index (κ1) is 33.0. The molecular weight excluding hydrogens is 583 g/mol. The molecule has 2 aromatic rings. The predicted octanol–water partition coefficient (Wildman–Crippen LogP) is 10.2. The average molecular weight is 641 g/mol. The van der Waals surface area contributed by atoms with Crippen molar-refractivity contribution in [1.82, 2.24) is 10.3 Å². The van der Waals surface area contributed by atoms with Crippen LogP contribution in [0.25, 0.3) is 5.57 Å². The van der Waals surface area contributed by atoms with Gasteiger partial charge in [0.2, 0.25) is 5.95 Å². The molecule has 0 bridgehead atoms. The molecule has 5 aliphatic rings. The number of aromatic nitrogens is 1. The van der Waals surface area contributed by atoms with Gasteiger partial charge in [-0.1, -0.05) is 66.7 Å². The minimum absolute atomic E-state index is 0.0169. The summed E-state index contributed by atoms with van der Waals surface area (Å²) in [5, 5.41) is 13.6. The fraction of sp³-hybridized carbons (Fsp3) is 0.667. The highest BCUT2D eigenvalue weighted by Crippen LogP contribution is 2.76. The second kappa shape index (κ2) is 11.3. The van der Waals surface area contributed by atoms with Crippen LogP contribution in [0.4, 0.5) is 4.39 Å². The lowest BCUT2D eigenvalue weighted by Gasteiger charge is -2.72. The number of carbonyl (C=O) groups is 1. The number of nitrogens with zero attached hydrogens (tertiary/aromatic N) is 1. The molecule has 4 saturated carbocycles. The Bertz CT molecular complexity index is 1560. The number of nitrogens with one attached hydrogen (secondary N) is 1. The Labute approximate surface area is 282 Å². The number of hydrogen-bond donors (Lipinski definition) is 2. The van der Waals surface area contributed by atoms with Gasteiger partial charge in [0.15, 0.2) is 0 Å². The maximum absolute atomic E-state index is 14.0. The van der Waals surface area contributed by atoms with E-state index in [9.17, 15) is 14.3 Å². The second-order valence-corrected chi connectivity index (χ2v) is 18.1. The van der Waals surface area contributed by atoms with Crippen LogP contribution in [0.2, 0.25) is 0 Å². The van der Waals surface area contributed by atoms with Gasteiger partial charge in [0.05, 0.1) is 5.56 Å². The Kier molecular flexibility index (Phi) is 7.90. The zero-order valence-electron chi connectivity index (χ0n) is 29.8. The molecule has 5 heteroatoms. The van der Waals surface area contributed by atoms with Gasteiger partial charge in [0.25, 0.3) is 0 Å². The third-order valence-corrected chi connectivity index (χ3v) is 15.8. The van der Waals surface area contributed by atoms with E-state index >= 15 is 0 Å². The summed E-state index contributed by atoms with van der Waals surface area (Å²) in [6.07, 6.45) is 15.4. The molecule has 7 rings (SSSR count). The van der Waals surface area contributed by atoms with Gasteiger partial charge in [-0.2, -0.15) is 4.39 Å². The monoisotopic (exact) mass is 640 g/mol. The van der Waals surface area contributed by atoms with E-state index in [-0.39, 0.29) is 27.7 Å². The number of carboxylic acids is 1. The summed E-state index contributed by atoms with van der Waals surface area (Å²) in [5.41, 5.74) is 4.89. The van der Waals surface area contributed by atoms with E-state index in [2.05, 4.69) is 64.8 Å². The van der Waals surface area contributed by atoms with Crippen LogP contribution in [0.1, 0.15) is 128 Å². The van der Waals surface area contributed by atoms with Gasteiger partial charge < -0.3 is 10.4 Å². The summed E-state index contributed by atoms with van der Waals surface area (Å²) in [6.45, 7) is 18.6. The van der Waals surface area contributed by atoms with Crippen molar-refractivity contribution in [2.24, 2.45) is 57.2 Å². The Balaban J connectivity index is 1.20. The first-order valence-corrected chi connectivity index (χ1v) is 18.6. The average Bonchev–Trinajstić information content (AvgIpc) is 3.41. The topological polar surface area (TPSA) is 62.2 Å². The van der Waals surface area contributed by atoms with Crippen LogP contribution in [0.5, 0.6) is 0 Å². The Morgan fingerprint density at radius 2 is 1.68 bits per heavy atom. The number of benzene rings is 1. The highest BCUT2D eigenvalue weighted by molar-refractivity contribution is 5.88. The molecular formula is C42H57FN2O2. The van der Waals surface area contributed by atoms with E-state index < -0.39 is 5.97 Å². The van der Waals surface area contributed by atoms with Crippen molar-refractivity contribution in [2.75, 3.05) is 0 Å². The zero-order chi connectivity index (χ0) is 33.6. The molecule has 4 nitrogen and oxygen atoms in total. The Hall–Kier alpha value is -2.53. The van der Waals surface area contributed by atoms with Crippen LogP contribution >= 0.6 is 0 Å². The Morgan fingerprint density at radius 1 is 0.936 bits per heavy atom. The quantitative estimate of drug-likeness (QED) is 0.309. The van der Waals surface area contributed by atoms with Crippen molar-refractivity contribution < 1.29 is 14.3 Å². The van der Waals surface area contributed by atoms with Gasteiger partial charge in [0, 0.05) is 18.3 Å². The SMILES string of the molecule is CC(C)[C@@H]1CC[C@]2(NCc3ccnc(F)c3)CC[C@]3(C)[C@H](CCC4[C@@]5(C)CC=C(c6ccc(C(=O)O)cc6)C(C)(C)C5CC[C@]43C)C12. The molecule has 1 heterocycles. The molecule has 1 aromatic heterocycles. The van der Waals surface area contributed by atoms with Gasteiger partial charge >= 0.3 is 5.97 Å². The summed E-state index contributed by atoms with van der Waals surface area (Å²) in [6, 6.07) is 11.2. The molecule has 5 aliphatic carbocycles. The standard InChI is InChI=1S/C42H57FN2O2/c1-26(2)30-14-20-42(45-25-27-17-23-44-35(43)24-27)22-21-40(6)32(36(30)42)12-13-34-39(5)18-15-31(28-8-10-29(11-9-28)37(46)47)38(3,4)33(39)16-19-41(34,40)7/h8-11,15,17,23-24,26,30,32-34,36,45H,12-14,16,18-22,25H2,1-7H3,(H,46,47)/t30-,32+,33?,34?,36?,39-,40+,41+,42-/m0/s1. The molecule has 3 unspecified atom stereocenters. The summed E-state index contributed by atoms with van der Waals surface area (Å²) in [7, 11) is 0. The number of allylic oxidation sites excluding steroid dienone is 2. The van der Waals surface area contributed by atoms with Crippen molar-refractivity contribution >= 4 is 11.5 Å². The van der Waals surface area contributed by atoms with E-state index in [4.69, 9.17) is 0 Å².